The summed E-state index contributed by atoms with van der Waals surface area (Å²) < 4.78 is 6.03. The minimum atomic E-state index is 0.805. The molecular formula is C22H15NO. The highest BCUT2D eigenvalue weighted by Gasteiger charge is 2.10. The van der Waals surface area contributed by atoms with Crippen LogP contribution in [0.2, 0.25) is 0 Å². The van der Waals surface area contributed by atoms with Gasteiger partial charge < -0.3 is 10.2 Å². The van der Waals surface area contributed by atoms with Gasteiger partial charge in [0.1, 0.15) is 11.2 Å². The molecule has 5 aromatic rings. The Balaban J connectivity index is 1.81. The zero-order valence-corrected chi connectivity index (χ0v) is 13.0. The summed E-state index contributed by atoms with van der Waals surface area (Å²) in [7, 11) is 0. The molecule has 0 amide bonds. The van der Waals surface area contributed by atoms with E-state index in [1.807, 2.05) is 36.4 Å². The van der Waals surface area contributed by atoms with Gasteiger partial charge in [0.25, 0.3) is 0 Å². The number of nitrogens with two attached hydrogens (primary N) is 1. The van der Waals surface area contributed by atoms with Crippen molar-refractivity contribution in [3.8, 4) is 11.1 Å². The lowest BCUT2D eigenvalue weighted by atomic mass is 9.96. The molecule has 2 nitrogen and oxygen atoms in total. The second kappa shape index (κ2) is 4.87. The number of hydrogen-bond acceptors (Lipinski definition) is 2. The van der Waals surface area contributed by atoms with Crippen LogP contribution in [0.25, 0.3) is 43.8 Å². The normalized spacial score (nSPS) is 11.5. The molecule has 0 unspecified atom stereocenters. The van der Waals surface area contributed by atoms with Crippen molar-refractivity contribution in [3.63, 3.8) is 0 Å². The topological polar surface area (TPSA) is 39.2 Å². The number of fused-ring (bicyclic) bond motifs is 4. The number of para-hydroxylation sites is 1. The van der Waals surface area contributed by atoms with E-state index < -0.39 is 0 Å². The Morgan fingerprint density at radius 1 is 0.583 bits per heavy atom. The summed E-state index contributed by atoms with van der Waals surface area (Å²) >= 11 is 0. The number of rotatable bonds is 1. The molecule has 0 aliphatic rings. The van der Waals surface area contributed by atoms with Gasteiger partial charge in [-0.15, -0.1) is 0 Å². The zero-order chi connectivity index (χ0) is 16.1. The van der Waals surface area contributed by atoms with Crippen LogP contribution in [0.3, 0.4) is 0 Å². The molecule has 0 radical (unpaired) electrons. The summed E-state index contributed by atoms with van der Waals surface area (Å²) in [6.45, 7) is 0. The SMILES string of the molecule is Nc1ccc(-c2ccc3c(c2)oc2ccccc23)c2ccccc12. The van der Waals surface area contributed by atoms with Crippen molar-refractivity contribution in [2.45, 2.75) is 0 Å². The molecule has 0 atom stereocenters. The van der Waals surface area contributed by atoms with Crippen LogP contribution >= 0.6 is 0 Å². The van der Waals surface area contributed by atoms with E-state index in [4.69, 9.17) is 10.2 Å². The molecule has 0 bridgehead atoms. The Morgan fingerprint density at radius 2 is 1.29 bits per heavy atom. The zero-order valence-electron chi connectivity index (χ0n) is 13.0. The molecule has 0 saturated carbocycles. The lowest BCUT2D eigenvalue weighted by molar-refractivity contribution is 0.669. The van der Waals surface area contributed by atoms with Gasteiger partial charge in [-0.05, 0) is 40.8 Å². The third-order valence-electron chi connectivity index (χ3n) is 4.65. The Bertz CT molecular complexity index is 1220. The molecule has 0 saturated heterocycles. The van der Waals surface area contributed by atoms with Gasteiger partial charge in [0, 0.05) is 21.8 Å². The van der Waals surface area contributed by atoms with E-state index in [0.29, 0.717) is 0 Å². The van der Waals surface area contributed by atoms with Crippen LogP contribution in [0, 0.1) is 0 Å². The predicted molar refractivity (Wildman–Crippen MR) is 101 cm³/mol. The van der Waals surface area contributed by atoms with Crippen molar-refractivity contribution >= 4 is 38.4 Å². The molecule has 114 valence electrons. The highest BCUT2D eigenvalue weighted by atomic mass is 16.3. The summed E-state index contributed by atoms with van der Waals surface area (Å²) in [5, 5.41) is 4.54. The van der Waals surface area contributed by atoms with Gasteiger partial charge in [-0.2, -0.15) is 0 Å². The summed E-state index contributed by atoms with van der Waals surface area (Å²) in [6, 6.07) is 26.9. The fraction of sp³-hybridized carbons (Fsp3) is 0. The second-order valence-electron chi connectivity index (χ2n) is 6.06. The average molecular weight is 309 g/mol. The molecule has 4 aromatic carbocycles. The maximum Gasteiger partial charge on any atom is 0.136 e. The Hall–Kier alpha value is -3.26. The van der Waals surface area contributed by atoms with Crippen LogP contribution in [0.1, 0.15) is 0 Å². The van der Waals surface area contributed by atoms with Crippen molar-refractivity contribution in [2.24, 2.45) is 0 Å². The molecule has 0 fully saturated rings. The standard InChI is InChI=1S/C22H15NO/c23-20-12-11-15(16-5-1-2-6-17(16)20)14-9-10-19-18-7-3-4-8-21(18)24-22(19)13-14/h1-13H,23H2. The number of hydrogen-bond donors (Lipinski definition) is 1. The first-order chi connectivity index (χ1) is 11.8. The summed E-state index contributed by atoms with van der Waals surface area (Å²) in [4.78, 5) is 0. The average Bonchev–Trinajstić information content (AvgIpc) is 3.00. The Labute approximate surface area is 139 Å². The first-order valence-electron chi connectivity index (χ1n) is 8.00. The van der Waals surface area contributed by atoms with Gasteiger partial charge in [0.15, 0.2) is 0 Å². The molecule has 2 N–H and O–H groups in total. The van der Waals surface area contributed by atoms with Crippen LogP contribution in [0.4, 0.5) is 5.69 Å². The molecular weight excluding hydrogens is 294 g/mol. The van der Waals surface area contributed by atoms with E-state index in [9.17, 15) is 0 Å². The van der Waals surface area contributed by atoms with E-state index in [1.165, 1.54) is 5.56 Å². The summed E-state index contributed by atoms with van der Waals surface area (Å²) in [5.74, 6) is 0. The van der Waals surface area contributed by atoms with Crippen LogP contribution in [0.5, 0.6) is 0 Å². The first-order valence-corrected chi connectivity index (χ1v) is 8.00. The largest absolute Gasteiger partial charge is 0.456 e. The fourth-order valence-electron chi connectivity index (χ4n) is 3.47. The molecule has 0 aliphatic heterocycles. The van der Waals surface area contributed by atoms with Gasteiger partial charge in [0.05, 0.1) is 0 Å². The number of anilines is 1. The fourth-order valence-corrected chi connectivity index (χ4v) is 3.47. The molecule has 5 rings (SSSR count). The monoisotopic (exact) mass is 309 g/mol. The molecule has 2 heteroatoms. The van der Waals surface area contributed by atoms with Crippen molar-refractivity contribution in [2.75, 3.05) is 5.73 Å². The van der Waals surface area contributed by atoms with E-state index in [0.717, 1.165) is 44.0 Å². The van der Waals surface area contributed by atoms with Crippen LogP contribution < -0.4 is 5.73 Å². The third kappa shape index (κ3) is 1.83. The number of nitrogen functional groups attached to an aromatic ring is 1. The van der Waals surface area contributed by atoms with Crippen LogP contribution in [0.15, 0.2) is 83.3 Å². The molecule has 0 spiro atoms. The van der Waals surface area contributed by atoms with Gasteiger partial charge in [-0.25, -0.2) is 0 Å². The first kappa shape index (κ1) is 13.2. The van der Waals surface area contributed by atoms with E-state index in [1.54, 1.807) is 0 Å². The summed E-state index contributed by atoms with van der Waals surface area (Å²) in [6.07, 6.45) is 0. The Kier molecular flexibility index (Phi) is 2.68. The minimum absolute atomic E-state index is 0.805. The van der Waals surface area contributed by atoms with Gasteiger partial charge in [0.2, 0.25) is 0 Å². The quantitative estimate of drug-likeness (QED) is 0.386. The van der Waals surface area contributed by atoms with E-state index in [-0.39, 0.29) is 0 Å². The maximum absolute atomic E-state index is 6.13. The van der Waals surface area contributed by atoms with Crippen molar-refractivity contribution < 1.29 is 4.42 Å². The Morgan fingerprint density at radius 3 is 2.17 bits per heavy atom. The van der Waals surface area contributed by atoms with Crippen molar-refractivity contribution in [1.29, 1.82) is 0 Å². The maximum atomic E-state index is 6.13. The van der Waals surface area contributed by atoms with Crippen molar-refractivity contribution in [1.82, 2.24) is 0 Å². The van der Waals surface area contributed by atoms with E-state index in [2.05, 4.69) is 42.5 Å². The lowest BCUT2D eigenvalue weighted by Crippen LogP contribution is -1.89. The van der Waals surface area contributed by atoms with Crippen LogP contribution in [-0.4, -0.2) is 0 Å². The molecule has 1 heterocycles. The predicted octanol–water partition coefficient (Wildman–Crippen LogP) is 5.99. The third-order valence-corrected chi connectivity index (χ3v) is 4.65. The highest BCUT2D eigenvalue weighted by molar-refractivity contribution is 6.08. The highest BCUT2D eigenvalue weighted by Crippen LogP contribution is 2.36. The molecule has 1 aromatic heterocycles. The van der Waals surface area contributed by atoms with Crippen molar-refractivity contribution in [3.05, 3.63) is 78.9 Å². The van der Waals surface area contributed by atoms with Crippen LogP contribution in [-0.2, 0) is 0 Å². The second-order valence-corrected chi connectivity index (χ2v) is 6.06. The minimum Gasteiger partial charge on any atom is -0.456 e. The number of furan rings is 1. The van der Waals surface area contributed by atoms with Gasteiger partial charge in [-0.3, -0.25) is 0 Å². The lowest BCUT2D eigenvalue weighted by Gasteiger charge is -2.09. The van der Waals surface area contributed by atoms with E-state index >= 15 is 0 Å². The molecule has 24 heavy (non-hydrogen) atoms. The van der Waals surface area contributed by atoms with Gasteiger partial charge in [-0.1, -0.05) is 54.6 Å². The summed E-state index contributed by atoms with van der Waals surface area (Å²) in [5.41, 5.74) is 11.1. The van der Waals surface area contributed by atoms with Gasteiger partial charge >= 0.3 is 0 Å². The molecule has 0 aliphatic carbocycles. The smallest absolute Gasteiger partial charge is 0.136 e. The number of benzene rings is 4.